The SMILES string of the molecule is CCCCOC(=O)N1CCC(c2c[nH]c3ncc(F)cc23)CC1. The number of fused-ring (bicyclic) bond motifs is 1. The average molecular weight is 319 g/mol. The molecule has 0 bridgehead atoms. The Balaban J connectivity index is 1.62. The van der Waals surface area contributed by atoms with Gasteiger partial charge in [-0.15, -0.1) is 0 Å². The molecule has 0 saturated carbocycles. The van der Waals surface area contributed by atoms with Crippen molar-refractivity contribution in [3.8, 4) is 0 Å². The zero-order chi connectivity index (χ0) is 16.2. The number of hydrogen-bond donors (Lipinski definition) is 1. The molecule has 23 heavy (non-hydrogen) atoms. The van der Waals surface area contributed by atoms with E-state index in [1.807, 2.05) is 6.20 Å². The third-order valence-electron chi connectivity index (χ3n) is 4.45. The van der Waals surface area contributed by atoms with E-state index in [9.17, 15) is 9.18 Å². The highest BCUT2D eigenvalue weighted by atomic mass is 19.1. The van der Waals surface area contributed by atoms with Crippen molar-refractivity contribution < 1.29 is 13.9 Å². The Bertz CT molecular complexity index is 678. The molecule has 0 aliphatic carbocycles. The molecule has 0 unspecified atom stereocenters. The van der Waals surface area contributed by atoms with Crippen molar-refractivity contribution in [2.45, 2.75) is 38.5 Å². The van der Waals surface area contributed by atoms with Gasteiger partial charge in [-0.2, -0.15) is 0 Å². The van der Waals surface area contributed by atoms with E-state index in [2.05, 4.69) is 16.9 Å². The number of halogens is 1. The lowest BCUT2D eigenvalue weighted by Crippen LogP contribution is -2.38. The van der Waals surface area contributed by atoms with Crippen LogP contribution in [0.4, 0.5) is 9.18 Å². The van der Waals surface area contributed by atoms with Gasteiger partial charge in [0.15, 0.2) is 0 Å². The molecule has 6 heteroatoms. The molecule has 1 N–H and O–H groups in total. The predicted octanol–water partition coefficient (Wildman–Crippen LogP) is 3.82. The maximum absolute atomic E-state index is 13.4. The summed E-state index contributed by atoms with van der Waals surface area (Å²) in [6, 6.07) is 1.53. The number of likely N-dealkylation sites (tertiary alicyclic amines) is 1. The zero-order valence-corrected chi connectivity index (χ0v) is 13.3. The molecule has 1 aliphatic rings. The quantitative estimate of drug-likeness (QED) is 0.872. The largest absolute Gasteiger partial charge is 0.449 e. The molecule has 2 aromatic rings. The summed E-state index contributed by atoms with van der Waals surface area (Å²) < 4.78 is 18.7. The van der Waals surface area contributed by atoms with E-state index in [1.165, 1.54) is 12.3 Å². The molecule has 2 aromatic heterocycles. The summed E-state index contributed by atoms with van der Waals surface area (Å²) in [7, 11) is 0. The van der Waals surface area contributed by atoms with Crippen molar-refractivity contribution in [3.63, 3.8) is 0 Å². The van der Waals surface area contributed by atoms with Crippen LogP contribution < -0.4 is 0 Å². The molecule has 0 aromatic carbocycles. The second-order valence-electron chi connectivity index (χ2n) is 6.02. The number of H-pyrrole nitrogens is 1. The van der Waals surface area contributed by atoms with Gasteiger partial charge in [0, 0.05) is 24.7 Å². The molecule has 0 atom stereocenters. The Hall–Kier alpha value is -2.11. The first-order valence-electron chi connectivity index (χ1n) is 8.23. The summed E-state index contributed by atoms with van der Waals surface area (Å²) in [5.74, 6) is -0.0117. The monoisotopic (exact) mass is 319 g/mol. The number of ether oxygens (including phenoxy) is 1. The molecule has 0 radical (unpaired) electrons. The van der Waals surface area contributed by atoms with E-state index in [0.29, 0.717) is 31.3 Å². The molecular weight excluding hydrogens is 297 g/mol. The molecule has 1 fully saturated rings. The van der Waals surface area contributed by atoms with Gasteiger partial charge >= 0.3 is 6.09 Å². The minimum Gasteiger partial charge on any atom is -0.449 e. The van der Waals surface area contributed by atoms with Crippen LogP contribution in [0.5, 0.6) is 0 Å². The van der Waals surface area contributed by atoms with Crippen molar-refractivity contribution >= 4 is 17.1 Å². The van der Waals surface area contributed by atoms with Gasteiger partial charge < -0.3 is 14.6 Å². The van der Waals surface area contributed by atoms with Gasteiger partial charge in [0.1, 0.15) is 11.5 Å². The molecule has 124 valence electrons. The highest BCUT2D eigenvalue weighted by Crippen LogP contribution is 2.33. The molecule has 1 aliphatic heterocycles. The summed E-state index contributed by atoms with van der Waals surface area (Å²) in [4.78, 5) is 20.9. The van der Waals surface area contributed by atoms with Gasteiger partial charge in [0.05, 0.1) is 12.8 Å². The summed E-state index contributed by atoms with van der Waals surface area (Å²) >= 11 is 0. The van der Waals surface area contributed by atoms with Gasteiger partial charge in [0.25, 0.3) is 0 Å². The van der Waals surface area contributed by atoms with Gasteiger partial charge in [-0.25, -0.2) is 14.2 Å². The van der Waals surface area contributed by atoms with E-state index in [1.54, 1.807) is 4.90 Å². The second-order valence-corrected chi connectivity index (χ2v) is 6.02. The number of pyridine rings is 1. The number of piperidine rings is 1. The van der Waals surface area contributed by atoms with Crippen molar-refractivity contribution in [1.82, 2.24) is 14.9 Å². The minimum atomic E-state index is -0.324. The summed E-state index contributed by atoms with van der Waals surface area (Å²) in [5.41, 5.74) is 1.80. The van der Waals surface area contributed by atoms with Crippen LogP contribution >= 0.6 is 0 Å². The number of hydrogen-bond acceptors (Lipinski definition) is 3. The molecule has 0 spiro atoms. The summed E-state index contributed by atoms with van der Waals surface area (Å²) in [6.07, 6.45) is 6.53. The van der Waals surface area contributed by atoms with Crippen LogP contribution in [-0.4, -0.2) is 40.7 Å². The van der Waals surface area contributed by atoms with Crippen LogP contribution in [0.3, 0.4) is 0 Å². The van der Waals surface area contributed by atoms with Crippen LogP contribution in [0.15, 0.2) is 18.5 Å². The third kappa shape index (κ3) is 3.46. The molecule has 3 rings (SSSR count). The number of rotatable bonds is 4. The normalized spacial score (nSPS) is 16.0. The Morgan fingerprint density at radius 3 is 3.00 bits per heavy atom. The van der Waals surface area contributed by atoms with Crippen molar-refractivity contribution in [3.05, 3.63) is 29.8 Å². The topological polar surface area (TPSA) is 58.2 Å². The Morgan fingerprint density at radius 1 is 1.48 bits per heavy atom. The number of nitrogens with zero attached hydrogens (tertiary/aromatic N) is 2. The number of nitrogens with one attached hydrogen (secondary N) is 1. The third-order valence-corrected chi connectivity index (χ3v) is 4.45. The van der Waals surface area contributed by atoms with E-state index in [-0.39, 0.29) is 11.9 Å². The second kappa shape index (κ2) is 6.98. The lowest BCUT2D eigenvalue weighted by molar-refractivity contribution is 0.0916. The van der Waals surface area contributed by atoms with E-state index in [4.69, 9.17) is 4.74 Å². The van der Waals surface area contributed by atoms with Gasteiger partial charge in [-0.3, -0.25) is 0 Å². The first-order chi connectivity index (χ1) is 11.2. The van der Waals surface area contributed by atoms with E-state index in [0.717, 1.165) is 36.6 Å². The molecule has 1 saturated heterocycles. The number of carbonyl (C=O) groups excluding carboxylic acids is 1. The van der Waals surface area contributed by atoms with Crippen molar-refractivity contribution in [1.29, 1.82) is 0 Å². The maximum atomic E-state index is 13.4. The highest BCUT2D eigenvalue weighted by Gasteiger charge is 2.26. The lowest BCUT2D eigenvalue weighted by Gasteiger charge is -2.31. The van der Waals surface area contributed by atoms with Crippen molar-refractivity contribution in [2.24, 2.45) is 0 Å². The first-order valence-corrected chi connectivity index (χ1v) is 8.23. The minimum absolute atomic E-state index is 0.219. The number of amides is 1. The van der Waals surface area contributed by atoms with E-state index < -0.39 is 0 Å². The fourth-order valence-corrected chi connectivity index (χ4v) is 3.10. The molecular formula is C17H22FN3O2. The van der Waals surface area contributed by atoms with Crippen molar-refractivity contribution in [2.75, 3.05) is 19.7 Å². The van der Waals surface area contributed by atoms with Crippen LogP contribution in [-0.2, 0) is 4.74 Å². The number of unbranched alkanes of at least 4 members (excludes halogenated alkanes) is 1. The summed E-state index contributed by atoms with van der Waals surface area (Å²) in [6.45, 7) is 3.90. The molecule has 3 heterocycles. The predicted molar refractivity (Wildman–Crippen MR) is 85.9 cm³/mol. The lowest BCUT2D eigenvalue weighted by atomic mass is 9.89. The fourth-order valence-electron chi connectivity index (χ4n) is 3.10. The highest BCUT2D eigenvalue weighted by molar-refractivity contribution is 5.80. The maximum Gasteiger partial charge on any atom is 0.409 e. The number of aromatic nitrogens is 2. The molecule has 5 nitrogen and oxygen atoms in total. The smallest absolute Gasteiger partial charge is 0.409 e. The number of aromatic amines is 1. The van der Waals surface area contributed by atoms with E-state index >= 15 is 0 Å². The zero-order valence-electron chi connectivity index (χ0n) is 13.3. The fraction of sp³-hybridized carbons (Fsp3) is 0.529. The number of carbonyl (C=O) groups is 1. The van der Waals surface area contributed by atoms with Gasteiger partial charge in [0.2, 0.25) is 0 Å². The van der Waals surface area contributed by atoms with Gasteiger partial charge in [-0.1, -0.05) is 13.3 Å². The molecule has 1 amide bonds. The Kier molecular flexibility index (Phi) is 4.79. The summed E-state index contributed by atoms with van der Waals surface area (Å²) in [5, 5.41) is 0.842. The van der Waals surface area contributed by atoms with Crippen LogP contribution in [0.2, 0.25) is 0 Å². The van der Waals surface area contributed by atoms with Crippen LogP contribution in [0.25, 0.3) is 11.0 Å². The first kappa shape index (κ1) is 15.8. The standard InChI is InChI=1S/C17H22FN3O2/c1-2-3-8-23-17(22)21-6-4-12(5-7-21)15-11-20-16-14(15)9-13(18)10-19-16/h9-12H,2-8H2,1H3,(H,19,20). The van der Waals surface area contributed by atoms with Crippen LogP contribution in [0, 0.1) is 5.82 Å². The Labute approximate surface area is 134 Å². The van der Waals surface area contributed by atoms with Crippen LogP contribution in [0.1, 0.15) is 44.1 Å². The average Bonchev–Trinajstić information content (AvgIpc) is 2.98. The van der Waals surface area contributed by atoms with Gasteiger partial charge in [-0.05, 0) is 36.8 Å². The Morgan fingerprint density at radius 2 is 2.26 bits per heavy atom.